The summed E-state index contributed by atoms with van der Waals surface area (Å²) in [4.78, 5) is 31.6. The lowest BCUT2D eigenvalue weighted by molar-refractivity contribution is -0.147. The van der Waals surface area contributed by atoms with Crippen molar-refractivity contribution >= 4 is 34.2 Å². The number of fused-ring (bicyclic) bond motifs is 1. The van der Waals surface area contributed by atoms with Crippen molar-refractivity contribution in [3.63, 3.8) is 0 Å². The number of nitrogen functional groups attached to an aromatic ring is 1. The van der Waals surface area contributed by atoms with E-state index < -0.39 is 11.8 Å². The first-order valence-corrected chi connectivity index (χ1v) is 9.74. The minimum atomic E-state index is -0.630. The van der Waals surface area contributed by atoms with Crippen LogP contribution in [0.3, 0.4) is 0 Å². The van der Waals surface area contributed by atoms with Crippen molar-refractivity contribution < 1.29 is 9.59 Å². The summed E-state index contributed by atoms with van der Waals surface area (Å²) in [6.45, 7) is 2.79. The normalized spacial score (nSPS) is 23.7. The number of hydrogen-bond donors (Lipinski definition) is 3. The van der Waals surface area contributed by atoms with Crippen LogP contribution in [0, 0.1) is 11.8 Å². The first-order valence-electron chi connectivity index (χ1n) is 9.74. The number of carbonyl (C=O) groups excluding carboxylic acids is 2. The Morgan fingerprint density at radius 1 is 1.22 bits per heavy atom. The van der Waals surface area contributed by atoms with Crippen molar-refractivity contribution in [3.8, 4) is 0 Å². The number of nitrogens with one attached hydrogen (secondary N) is 2. The lowest BCUT2D eigenvalue weighted by Crippen LogP contribution is -2.52. The number of aromatic nitrogens is 3. The lowest BCUT2D eigenvalue weighted by Gasteiger charge is -2.41. The molecular formula is C19H26N6O2. The van der Waals surface area contributed by atoms with Gasteiger partial charge in [0.15, 0.2) is 0 Å². The van der Waals surface area contributed by atoms with E-state index in [9.17, 15) is 9.59 Å². The molecule has 2 atom stereocenters. The number of pyridine rings is 1. The van der Waals surface area contributed by atoms with E-state index in [2.05, 4.69) is 27.4 Å². The number of rotatable bonds is 2. The smallest absolute Gasteiger partial charge is 0.314 e. The van der Waals surface area contributed by atoms with Gasteiger partial charge in [0, 0.05) is 12.6 Å². The average Bonchev–Trinajstić information content (AvgIpc) is 3.35. The highest BCUT2D eigenvalue weighted by molar-refractivity contribution is 6.40. The fourth-order valence-corrected chi connectivity index (χ4v) is 4.59. The van der Waals surface area contributed by atoms with E-state index in [-0.39, 0.29) is 6.04 Å². The first-order chi connectivity index (χ1) is 13.0. The van der Waals surface area contributed by atoms with E-state index in [1.807, 2.05) is 4.90 Å². The molecule has 1 aliphatic heterocycles. The Morgan fingerprint density at radius 3 is 2.78 bits per heavy atom. The number of aromatic amines is 1. The minimum Gasteiger partial charge on any atom is -0.383 e. The SMILES string of the molecule is C[C@@H]1CC[C@@H](C2CCCC2)N(C(=O)C(=O)Nc2cnc(N)c3cn[nH]c23)C1. The lowest BCUT2D eigenvalue weighted by atomic mass is 9.85. The second-order valence-electron chi connectivity index (χ2n) is 7.92. The Balaban J connectivity index is 1.53. The first kappa shape index (κ1) is 17.8. The zero-order valence-electron chi connectivity index (χ0n) is 15.6. The van der Waals surface area contributed by atoms with Gasteiger partial charge in [-0.25, -0.2) is 4.98 Å². The summed E-state index contributed by atoms with van der Waals surface area (Å²) in [5.41, 5.74) is 6.81. The highest BCUT2D eigenvalue weighted by Crippen LogP contribution is 2.36. The maximum Gasteiger partial charge on any atom is 0.314 e. The van der Waals surface area contributed by atoms with Gasteiger partial charge in [0.25, 0.3) is 0 Å². The summed E-state index contributed by atoms with van der Waals surface area (Å²) in [7, 11) is 0. The van der Waals surface area contributed by atoms with E-state index in [4.69, 9.17) is 5.73 Å². The van der Waals surface area contributed by atoms with E-state index in [0.717, 1.165) is 25.7 Å². The van der Waals surface area contributed by atoms with Gasteiger partial charge >= 0.3 is 11.8 Å². The maximum absolute atomic E-state index is 13.0. The number of carbonyl (C=O) groups is 2. The fraction of sp³-hybridized carbons (Fsp3) is 0.579. The maximum atomic E-state index is 13.0. The summed E-state index contributed by atoms with van der Waals surface area (Å²) in [6.07, 6.45) is 9.86. The van der Waals surface area contributed by atoms with Crippen LogP contribution < -0.4 is 11.1 Å². The Hall–Kier alpha value is -2.64. The molecule has 1 aliphatic carbocycles. The molecule has 8 nitrogen and oxygen atoms in total. The molecule has 0 spiro atoms. The largest absolute Gasteiger partial charge is 0.383 e. The van der Waals surface area contributed by atoms with E-state index in [1.165, 1.54) is 19.0 Å². The molecule has 2 aliphatic rings. The van der Waals surface area contributed by atoms with Crippen LogP contribution in [0.2, 0.25) is 0 Å². The quantitative estimate of drug-likeness (QED) is 0.701. The molecule has 0 aromatic carbocycles. The molecule has 3 heterocycles. The molecule has 8 heteroatoms. The average molecular weight is 370 g/mol. The second kappa shape index (κ2) is 7.17. The number of amides is 2. The zero-order valence-corrected chi connectivity index (χ0v) is 15.6. The van der Waals surface area contributed by atoms with Crippen LogP contribution in [-0.2, 0) is 9.59 Å². The van der Waals surface area contributed by atoms with Crippen LogP contribution in [0.4, 0.5) is 11.5 Å². The van der Waals surface area contributed by atoms with Crippen LogP contribution in [0.5, 0.6) is 0 Å². The molecular weight excluding hydrogens is 344 g/mol. The molecule has 0 bridgehead atoms. The van der Waals surface area contributed by atoms with Crippen LogP contribution in [-0.4, -0.2) is 44.5 Å². The number of nitrogens with zero attached hydrogens (tertiary/aromatic N) is 3. The van der Waals surface area contributed by atoms with Gasteiger partial charge in [-0.3, -0.25) is 14.7 Å². The van der Waals surface area contributed by atoms with Crippen LogP contribution >= 0.6 is 0 Å². The summed E-state index contributed by atoms with van der Waals surface area (Å²) in [6, 6.07) is 0.179. The molecule has 0 unspecified atom stereocenters. The molecule has 4 N–H and O–H groups in total. The van der Waals surface area contributed by atoms with Gasteiger partial charge in [0.1, 0.15) is 5.82 Å². The van der Waals surface area contributed by atoms with E-state index in [0.29, 0.717) is 40.8 Å². The monoisotopic (exact) mass is 370 g/mol. The number of H-pyrrole nitrogens is 1. The number of hydrogen-bond acceptors (Lipinski definition) is 5. The Bertz CT molecular complexity index is 857. The molecule has 2 aromatic rings. The van der Waals surface area contributed by atoms with Gasteiger partial charge in [0.05, 0.1) is 29.0 Å². The van der Waals surface area contributed by atoms with Gasteiger partial charge in [-0.2, -0.15) is 5.10 Å². The third-order valence-corrected chi connectivity index (χ3v) is 6.03. The van der Waals surface area contributed by atoms with Gasteiger partial charge < -0.3 is 16.0 Å². The molecule has 1 saturated heterocycles. The highest BCUT2D eigenvalue weighted by atomic mass is 16.2. The number of likely N-dealkylation sites (tertiary alicyclic amines) is 1. The predicted octanol–water partition coefficient (Wildman–Crippen LogP) is 2.30. The van der Waals surface area contributed by atoms with Crippen molar-refractivity contribution in [2.24, 2.45) is 11.8 Å². The van der Waals surface area contributed by atoms with Crippen molar-refractivity contribution in [1.29, 1.82) is 0 Å². The molecule has 144 valence electrons. The number of piperidine rings is 1. The number of anilines is 2. The summed E-state index contributed by atoms with van der Waals surface area (Å²) in [5, 5.41) is 10.1. The molecule has 2 fully saturated rings. The summed E-state index contributed by atoms with van der Waals surface area (Å²) >= 11 is 0. The van der Waals surface area contributed by atoms with Crippen molar-refractivity contribution in [3.05, 3.63) is 12.4 Å². The summed E-state index contributed by atoms with van der Waals surface area (Å²) in [5.74, 6) is 0.176. The standard InChI is InChI=1S/C19H26N6O2/c1-11-6-7-15(12-4-2-3-5-12)25(10-11)19(27)18(26)23-14-9-21-17(20)13-8-22-24-16(13)14/h8-9,11-12,15H,2-7,10H2,1H3,(H2,20,21)(H,22,24)(H,23,26)/t11-,15+/m1/s1. The Morgan fingerprint density at radius 2 is 2.00 bits per heavy atom. The third kappa shape index (κ3) is 3.36. The molecule has 2 aromatic heterocycles. The van der Waals surface area contributed by atoms with Crippen molar-refractivity contribution in [2.75, 3.05) is 17.6 Å². The van der Waals surface area contributed by atoms with Crippen LogP contribution in [0.15, 0.2) is 12.4 Å². The molecule has 1 saturated carbocycles. The number of nitrogens with two attached hydrogens (primary N) is 1. The van der Waals surface area contributed by atoms with Crippen LogP contribution in [0.25, 0.3) is 10.9 Å². The Labute approximate surface area is 157 Å². The second-order valence-corrected chi connectivity index (χ2v) is 7.92. The van der Waals surface area contributed by atoms with E-state index >= 15 is 0 Å². The fourth-order valence-electron chi connectivity index (χ4n) is 4.59. The Kier molecular flexibility index (Phi) is 4.72. The zero-order chi connectivity index (χ0) is 19.0. The minimum absolute atomic E-state index is 0.179. The topological polar surface area (TPSA) is 117 Å². The molecule has 2 amide bonds. The third-order valence-electron chi connectivity index (χ3n) is 6.03. The molecule has 0 radical (unpaired) electrons. The van der Waals surface area contributed by atoms with E-state index in [1.54, 1.807) is 6.20 Å². The predicted molar refractivity (Wildman–Crippen MR) is 103 cm³/mol. The highest BCUT2D eigenvalue weighted by Gasteiger charge is 2.38. The van der Waals surface area contributed by atoms with Gasteiger partial charge in [-0.15, -0.1) is 0 Å². The summed E-state index contributed by atoms with van der Waals surface area (Å²) < 4.78 is 0. The van der Waals surface area contributed by atoms with Gasteiger partial charge in [0.2, 0.25) is 0 Å². The van der Waals surface area contributed by atoms with Crippen molar-refractivity contribution in [2.45, 2.75) is 51.5 Å². The molecule has 4 rings (SSSR count). The molecule has 27 heavy (non-hydrogen) atoms. The van der Waals surface area contributed by atoms with Gasteiger partial charge in [-0.05, 0) is 37.5 Å². The van der Waals surface area contributed by atoms with Crippen molar-refractivity contribution in [1.82, 2.24) is 20.1 Å². The van der Waals surface area contributed by atoms with Gasteiger partial charge in [-0.1, -0.05) is 19.8 Å². The van der Waals surface area contributed by atoms with Crippen LogP contribution in [0.1, 0.15) is 45.4 Å².